The number of phenols is 1. The third kappa shape index (κ3) is 2.91. The summed E-state index contributed by atoms with van der Waals surface area (Å²) < 4.78 is 0. The highest BCUT2D eigenvalue weighted by atomic mass is 16.3. The summed E-state index contributed by atoms with van der Waals surface area (Å²) in [6, 6.07) is 5.72. The van der Waals surface area contributed by atoms with Crippen LogP contribution in [0.5, 0.6) is 5.75 Å². The van der Waals surface area contributed by atoms with E-state index in [1.165, 1.54) is 6.42 Å². The van der Waals surface area contributed by atoms with Crippen molar-refractivity contribution in [3.05, 3.63) is 29.3 Å². The second-order valence-electron chi connectivity index (χ2n) is 5.41. The van der Waals surface area contributed by atoms with Crippen LogP contribution in [0.4, 0.5) is 0 Å². The van der Waals surface area contributed by atoms with Crippen molar-refractivity contribution in [1.82, 2.24) is 4.90 Å². The number of phenolic OH excluding ortho intramolecular Hbond substituents is 1. The van der Waals surface area contributed by atoms with Crippen LogP contribution in [0.15, 0.2) is 18.2 Å². The summed E-state index contributed by atoms with van der Waals surface area (Å²) in [7, 11) is 0. The Kier molecular flexibility index (Phi) is 4.46. The Hall–Kier alpha value is -1.51. The molecule has 104 valence electrons. The first-order valence-corrected chi connectivity index (χ1v) is 7.24. The minimum Gasteiger partial charge on any atom is -0.507 e. The van der Waals surface area contributed by atoms with Gasteiger partial charge in [-0.1, -0.05) is 25.5 Å². The number of nitrogens with zero attached hydrogens (tertiary/aromatic N) is 1. The average Bonchev–Trinajstić information content (AvgIpc) is 2.42. The number of aryl methyl sites for hydroxylation is 1. The standard InChI is InChI=1S/C16H23NO2/c1-3-7-13-9-4-5-11-17(13)16(19)14-10-6-8-12(2)15(14)18/h6,8,10,13,18H,3-5,7,9,11H2,1-2H3. The van der Waals surface area contributed by atoms with Gasteiger partial charge >= 0.3 is 0 Å². The molecule has 2 rings (SSSR count). The lowest BCUT2D eigenvalue weighted by Crippen LogP contribution is -2.43. The Morgan fingerprint density at radius 3 is 2.95 bits per heavy atom. The molecule has 1 N–H and O–H groups in total. The summed E-state index contributed by atoms with van der Waals surface area (Å²) in [6.45, 7) is 4.80. The van der Waals surface area contributed by atoms with Crippen LogP contribution in [0.1, 0.15) is 54.9 Å². The molecule has 1 saturated heterocycles. The molecule has 0 radical (unpaired) electrons. The van der Waals surface area contributed by atoms with E-state index in [-0.39, 0.29) is 11.7 Å². The van der Waals surface area contributed by atoms with E-state index in [9.17, 15) is 9.90 Å². The molecule has 0 saturated carbocycles. The zero-order chi connectivity index (χ0) is 13.8. The maximum Gasteiger partial charge on any atom is 0.257 e. The van der Waals surface area contributed by atoms with E-state index in [2.05, 4.69) is 6.92 Å². The molecule has 1 unspecified atom stereocenters. The van der Waals surface area contributed by atoms with Gasteiger partial charge < -0.3 is 10.0 Å². The van der Waals surface area contributed by atoms with E-state index in [0.29, 0.717) is 11.6 Å². The molecule has 1 heterocycles. The third-order valence-corrected chi connectivity index (χ3v) is 3.98. The van der Waals surface area contributed by atoms with Gasteiger partial charge in [-0.15, -0.1) is 0 Å². The van der Waals surface area contributed by atoms with Crippen molar-refractivity contribution >= 4 is 5.91 Å². The number of aromatic hydroxyl groups is 1. The number of likely N-dealkylation sites (tertiary alicyclic amines) is 1. The number of benzene rings is 1. The molecule has 3 heteroatoms. The Balaban J connectivity index is 2.23. The van der Waals surface area contributed by atoms with Crippen molar-refractivity contribution in [3.63, 3.8) is 0 Å². The number of amides is 1. The van der Waals surface area contributed by atoms with Crippen LogP contribution in [-0.2, 0) is 0 Å². The molecule has 1 atom stereocenters. The fraction of sp³-hybridized carbons (Fsp3) is 0.562. The lowest BCUT2D eigenvalue weighted by molar-refractivity contribution is 0.0597. The first kappa shape index (κ1) is 13.9. The first-order valence-electron chi connectivity index (χ1n) is 7.24. The zero-order valence-electron chi connectivity index (χ0n) is 11.9. The van der Waals surface area contributed by atoms with Gasteiger partial charge in [0.1, 0.15) is 5.75 Å². The lowest BCUT2D eigenvalue weighted by Gasteiger charge is -2.36. The average molecular weight is 261 g/mol. The summed E-state index contributed by atoms with van der Waals surface area (Å²) in [6.07, 6.45) is 5.51. The molecule has 0 bridgehead atoms. The van der Waals surface area contributed by atoms with E-state index >= 15 is 0 Å². The van der Waals surface area contributed by atoms with Gasteiger partial charge in [-0.05, 0) is 44.2 Å². The largest absolute Gasteiger partial charge is 0.507 e. The van der Waals surface area contributed by atoms with Crippen molar-refractivity contribution in [1.29, 1.82) is 0 Å². The number of para-hydroxylation sites is 1. The molecule has 3 nitrogen and oxygen atoms in total. The van der Waals surface area contributed by atoms with Crippen molar-refractivity contribution in [2.24, 2.45) is 0 Å². The molecule has 0 aliphatic carbocycles. The van der Waals surface area contributed by atoms with Gasteiger partial charge in [-0.3, -0.25) is 4.79 Å². The van der Waals surface area contributed by atoms with Crippen LogP contribution in [0, 0.1) is 6.92 Å². The van der Waals surface area contributed by atoms with Gasteiger partial charge in [0.05, 0.1) is 5.56 Å². The van der Waals surface area contributed by atoms with E-state index in [0.717, 1.165) is 37.8 Å². The Labute approximate surface area is 115 Å². The maximum atomic E-state index is 12.6. The number of piperidine rings is 1. The van der Waals surface area contributed by atoms with Crippen LogP contribution >= 0.6 is 0 Å². The Bertz CT molecular complexity index is 454. The third-order valence-electron chi connectivity index (χ3n) is 3.98. The first-order chi connectivity index (χ1) is 9.15. The molecule has 0 aromatic heterocycles. The van der Waals surface area contributed by atoms with Crippen molar-refractivity contribution < 1.29 is 9.90 Å². The van der Waals surface area contributed by atoms with Crippen LogP contribution in [0.3, 0.4) is 0 Å². The second-order valence-corrected chi connectivity index (χ2v) is 5.41. The molecular formula is C16H23NO2. The van der Waals surface area contributed by atoms with Gasteiger partial charge in [-0.2, -0.15) is 0 Å². The summed E-state index contributed by atoms with van der Waals surface area (Å²) in [4.78, 5) is 14.6. The SMILES string of the molecule is CCCC1CCCCN1C(=O)c1cccc(C)c1O. The van der Waals surface area contributed by atoms with Crippen LogP contribution in [0.25, 0.3) is 0 Å². The molecule has 1 aromatic carbocycles. The highest BCUT2D eigenvalue weighted by Gasteiger charge is 2.28. The van der Waals surface area contributed by atoms with Crippen LogP contribution in [0.2, 0.25) is 0 Å². The molecule has 1 aliphatic rings. The normalized spacial score (nSPS) is 19.5. The van der Waals surface area contributed by atoms with E-state index in [1.807, 2.05) is 24.0 Å². The van der Waals surface area contributed by atoms with Crippen LogP contribution in [-0.4, -0.2) is 28.5 Å². The molecule has 1 fully saturated rings. The fourth-order valence-corrected chi connectivity index (χ4v) is 2.89. The summed E-state index contributed by atoms with van der Waals surface area (Å²) in [5.41, 5.74) is 1.21. The smallest absolute Gasteiger partial charge is 0.257 e. The number of hydrogen-bond donors (Lipinski definition) is 1. The van der Waals surface area contributed by atoms with E-state index < -0.39 is 0 Å². The molecular weight excluding hydrogens is 238 g/mol. The Morgan fingerprint density at radius 1 is 1.42 bits per heavy atom. The van der Waals surface area contributed by atoms with Gasteiger partial charge in [-0.25, -0.2) is 0 Å². The van der Waals surface area contributed by atoms with Crippen LogP contribution < -0.4 is 0 Å². The van der Waals surface area contributed by atoms with Crippen molar-refractivity contribution in [2.75, 3.05) is 6.54 Å². The molecule has 1 aliphatic heterocycles. The monoisotopic (exact) mass is 261 g/mol. The maximum absolute atomic E-state index is 12.6. The molecule has 1 aromatic rings. The zero-order valence-corrected chi connectivity index (χ0v) is 11.9. The summed E-state index contributed by atoms with van der Waals surface area (Å²) in [5, 5.41) is 10.1. The molecule has 0 spiro atoms. The number of carbonyl (C=O) groups is 1. The molecule has 19 heavy (non-hydrogen) atoms. The topological polar surface area (TPSA) is 40.5 Å². The van der Waals surface area contributed by atoms with Crippen molar-refractivity contribution in [3.8, 4) is 5.75 Å². The lowest BCUT2D eigenvalue weighted by atomic mass is 9.96. The summed E-state index contributed by atoms with van der Waals surface area (Å²) >= 11 is 0. The predicted octanol–water partition coefficient (Wildman–Crippen LogP) is 3.50. The number of rotatable bonds is 3. The number of carbonyl (C=O) groups excluding carboxylic acids is 1. The van der Waals surface area contributed by atoms with E-state index in [1.54, 1.807) is 6.07 Å². The highest BCUT2D eigenvalue weighted by molar-refractivity contribution is 5.97. The second kappa shape index (κ2) is 6.09. The van der Waals surface area contributed by atoms with Gasteiger partial charge in [0.2, 0.25) is 0 Å². The minimum absolute atomic E-state index is 0.0145. The highest BCUT2D eigenvalue weighted by Crippen LogP contribution is 2.27. The number of hydrogen-bond acceptors (Lipinski definition) is 2. The summed E-state index contributed by atoms with van der Waals surface area (Å²) in [5.74, 6) is 0.118. The van der Waals surface area contributed by atoms with Gasteiger partial charge in [0.25, 0.3) is 5.91 Å². The Morgan fingerprint density at radius 2 is 2.21 bits per heavy atom. The molecule has 1 amide bonds. The van der Waals surface area contributed by atoms with E-state index in [4.69, 9.17) is 0 Å². The fourth-order valence-electron chi connectivity index (χ4n) is 2.89. The van der Waals surface area contributed by atoms with Gasteiger partial charge in [0, 0.05) is 12.6 Å². The minimum atomic E-state index is -0.0145. The quantitative estimate of drug-likeness (QED) is 0.904. The van der Waals surface area contributed by atoms with Crippen molar-refractivity contribution in [2.45, 2.75) is 52.0 Å². The predicted molar refractivity (Wildman–Crippen MR) is 76.4 cm³/mol. The van der Waals surface area contributed by atoms with Gasteiger partial charge in [0.15, 0.2) is 0 Å².